The summed E-state index contributed by atoms with van der Waals surface area (Å²) < 4.78 is 0. The van der Waals surface area contributed by atoms with Gasteiger partial charge in [-0.15, -0.1) is 0 Å². The molecule has 4 nitrogen and oxygen atoms in total. The summed E-state index contributed by atoms with van der Waals surface area (Å²) in [6.07, 6.45) is 2.97. The second kappa shape index (κ2) is 3.36. The predicted molar refractivity (Wildman–Crippen MR) is 48.4 cm³/mol. The molecule has 1 unspecified atom stereocenters. The van der Waals surface area contributed by atoms with Crippen molar-refractivity contribution in [2.24, 2.45) is 5.16 Å². The van der Waals surface area contributed by atoms with Gasteiger partial charge in [0.2, 0.25) is 0 Å². The lowest BCUT2D eigenvalue weighted by atomic mass is 10.2. The minimum Gasteiger partial charge on any atom is -0.392 e. The van der Waals surface area contributed by atoms with Gasteiger partial charge in [0.1, 0.15) is 11.8 Å². The molecule has 0 aliphatic carbocycles. The molecule has 2 rings (SSSR count). The van der Waals surface area contributed by atoms with Crippen LogP contribution >= 0.6 is 0 Å². The SMILES string of the molecule is CC1CC(C(=O)N2CCCC2)=NO1. The summed E-state index contributed by atoms with van der Waals surface area (Å²) >= 11 is 0. The van der Waals surface area contributed by atoms with Gasteiger partial charge in [-0.1, -0.05) is 5.16 Å². The Morgan fingerprint density at radius 1 is 1.54 bits per heavy atom. The van der Waals surface area contributed by atoms with Crippen LogP contribution in [-0.2, 0) is 9.63 Å². The van der Waals surface area contributed by atoms with Gasteiger partial charge in [0, 0.05) is 19.5 Å². The van der Waals surface area contributed by atoms with E-state index in [1.54, 1.807) is 0 Å². The van der Waals surface area contributed by atoms with Crippen molar-refractivity contribution < 1.29 is 9.63 Å². The largest absolute Gasteiger partial charge is 0.392 e. The molecule has 0 saturated carbocycles. The first-order valence-corrected chi connectivity index (χ1v) is 4.79. The van der Waals surface area contributed by atoms with Crippen LogP contribution in [0.2, 0.25) is 0 Å². The summed E-state index contributed by atoms with van der Waals surface area (Å²) in [7, 11) is 0. The summed E-state index contributed by atoms with van der Waals surface area (Å²) in [5.74, 6) is 0.0712. The van der Waals surface area contributed by atoms with Gasteiger partial charge in [-0.3, -0.25) is 4.79 Å². The molecular formula is C9H14N2O2. The van der Waals surface area contributed by atoms with E-state index >= 15 is 0 Å². The van der Waals surface area contributed by atoms with Crippen molar-refractivity contribution in [1.29, 1.82) is 0 Å². The zero-order chi connectivity index (χ0) is 9.26. The second-order valence-electron chi connectivity index (χ2n) is 3.66. The fourth-order valence-electron chi connectivity index (χ4n) is 1.73. The maximum Gasteiger partial charge on any atom is 0.271 e. The number of hydrogen-bond acceptors (Lipinski definition) is 3. The van der Waals surface area contributed by atoms with Crippen molar-refractivity contribution in [3.63, 3.8) is 0 Å². The van der Waals surface area contributed by atoms with Gasteiger partial charge in [0.25, 0.3) is 5.91 Å². The number of carbonyl (C=O) groups is 1. The molecule has 0 bridgehead atoms. The highest BCUT2D eigenvalue weighted by Crippen LogP contribution is 2.14. The van der Waals surface area contributed by atoms with Gasteiger partial charge < -0.3 is 9.74 Å². The second-order valence-corrected chi connectivity index (χ2v) is 3.66. The fraction of sp³-hybridized carbons (Fsp3) is 0.778. The number of amides is 1. The van der Waals surface area contributed by atoms with E-state index in [0.717, 1.165) is 25.9 Å². The Balaban J connectivity index is 1.97. The molecule has 1 atom stereocenters. The van der Waals surface area contributed by atoms with E-state index in [1.165, 1.54) is 0 Å². The number of oxime groups is 1. The number of carbonyl (C=O) groups excluding carboxylic acids is 1. The topological polar surface area (TPSA) is 41.9 Å². The molecule has 13 heavy (non-hydrogen) atoms. The maximum absolute atomic E-state index is 11.7. The molecule has 4 heteroatoms. The molecule has 0 spiro atoms. The van der Waals surface area contributed by atoms with E-state index in [9.17, 15) is 4.79 Å². The maximum atomic E-state index is 11.7. The Bertz CT molecular complexity index is 244. The van der Waals surface area contributed by atoms with Crippen LogP contribution in [0.15, 0.2) is 5.16 Å². The summed E-state index contributed by atoms with van der Waals surface area (Å²) in [6, 6.07) is 0. The number of nitrogens with zero attached hydrogens (tertiary/aromatic N) is 2. The summed E-state index contributed by atoms with van der Waals surface area (Å²) in [5.41, 5.74) is 0.592. The third-order valence-corrected chi connectivity index (χ3v) is 2.46. The molecule has 0 aromatic carbocycles. The van der Waals surface area contributed by atoms with Gasteiger partial charge >= 0.3 is 0 Å². The van der Waals surface area contributed by atoms with E-state index < -0.39 is 0 Å². The molecule has 2 aliphatic rings. The van der Waals surface area contributed by atoms with Crippen LogP contribution in [0.1, 0.15) is 26.2 Å². The van der Waals surface area contributed by atoms with Gasteiger partial charge in [0.05, 0.1) is 0 Å². The minimum atomic E-state index is 0.0709. The van der Waals surface area contributed by atoms with Gasteiger partial charge in [0.15, 0.2) is 0 Å². The smallest absolute Gasteiger partial charge is 0.271 e. The first-order chi connectivity index (χ1) is 6.27. The fourth-order valence-corrected chi connectivity index (χ4v) is 1.73. The highest BCUT2D eigenvalue weighted by atomic mass is 16.6. The Morgan fingerprint density at radius 2 is 2.23 bits per heavy atom. The molecule has 0 aromatic heterocycles. The van der Waals surface area contributed by atoms with E-state index in [4.69, 9.17) is 4.84 Å². The summed E-state index contributed by atoms with van der Waals surface area (Å²) in [6.45, 7) is 3.69. The lowest BCUT2D eigenvalue weighted by Gasteiger charge is -2.13. The van der Waals surface area contributed by atoms with Crippen molar-refractivity contribution in [2.75, 3.05) is 13.1 Å². The van der Waals surface area contributed by atoms with Crippen LogP contribution in [0.4, 0.5) is 0 Å². The molecular weight excluding hydrogens is 168 g/mol. The van der Waals surface area contributed by atoms with Crippen LogP contribution in [0.5, 0.6) is 0 Å². The van der Waals surface area contributed by atoms with Crippen LogP contribution in [0, 0.1) is 0 Å². The molecule has 1 saturated heterocycles. The summed E-state index contributed by atoms with van der Waals surface area (Å²) in [5, 5.41) is 3.79. The first-order valence-electron chi connectivity index (χ1n) is 4.79. The number of rotatable bonds is 1. The third kappa shape index (κ3) is 1.66. The van der Waals surface area contributed by atoms with E-state index in [-0.39, 0.29) is 12.0 Å². The van der Waals surface area contributed by atoms with Gasteiger partial charge in [-0.2, -0.15) is 0 Å². The highest BCUT2D eigenvalue weighted by Gasteiger charge is 2.28. The van der Waals surface area contributed by atoms with Crippen molar-refractivity contribution in [1.82, 2.24) is 4.90 Å². The molecule has 1 fully saturated rings. The molecule has 2 aliphatic heterocycles. The molecule has 72 valence electrons. The Hall–Kier alpha value is -1.06. The average Bonchev–Trinajstić information content (AvgIpc) is 2.72. The number of likely N-dealkylation sites (tertiary alicyclic amines) is 1. The van der Waals surface area contributed by atoms with E-state index in [1.807, 2.05) is 11.8 Å². The normalized spacial score (nSPS) is 27.3. The van der Waals surface area contributed by atoms with Crippen LogP contribution in [0.25, 0.3) is 0 Å². The lowest BCUT2D eigenvalue weighted by molar-refractivity contribution is -0.123. The van der Waals surface area contributed by atoms with E-state index in [0.29, 0.717) is 12.1 Å². The van der Waals surface area contributed by atoms with Crippen molar-refractivity contribution >= 4 is 11.6 Å². The zero-order valence-corrected chi connectivity index (χ0v) is 7.82. The van der Waals surface area contributed by atoms with Crippen LogP contribution < -0.4 is 0 Å². The third-order valence-electron chi connectivity index (χ3n) is 2.46. The highest BCUT2D eigenvalue weighted by molar-refractivity contribution is 6.39. The standard InChI is InChI=1S/C9H14N2O2/c1-7-6-8(10-13-7)9(12)11-4-2-3-5-11/h7H,2-6H2,1H3. The van der Waals surface area contributed by atoms with Crippen LogP contribution in [0.3, 0.4) is 0 Å². The molecule has 0 radical (unpaired) electrons. The minimum absolute atomic E-state index is 0.0709. The van der Waals surface area contributed by atoms with Gasteiger partial charge in [-0.05, 0) is 19.8 Å². The van der Waals surface area contributed by atoms with Crippen molar-refractivity contribution in [3.05, 3.63) is 0 Å². The Kier molecular flexibility index (Phi) is 2.20. The monoisotopic (exact) mass is 182 g/mol. The van der Waals surface area contributed by atoms with Crippen molar-refractivity contribution in [3.8, 4) is 0 Å². The Morgan fingerprint density at radius 3 is 2.77 bits per heavy atom. The van der Waals surface area contributed by atoms with Gasteiger partial charge in [-0.25, -0.2) is 0 Å². The predicted octanol–water partition coefficient (Wildman–Crippen LogP) is 0.774. The number of hydrogen-bond donors (Lipinski definition) is 0. The molecule has 0 N–H and O–H groups in total. The first kappa shape index (κ1) is 8.53. The zero-order valence-electron chi connectivity index (χ0n) is 7.82. The summed E-state index contributed by atoms with van der Waals surface area (Å²) in [4.78, 5) is 18.6. The Labute approximate surface area is 77.5 Å². The molecule has 0 aromatic rings. The van der Waals surface area contributed by atoms with E-state index in [2.05, 4.69) is 5.16 Å². The molecule has 2 heterocycles. The van der Waals surface area contributed by atoms with Crippen LogP contribution in [-0.4, -0.2) is 35.7 Å². The lowest BCUT2D eigenvalue weighted by Crippen LogP contribution is -2.33. The van der Waals surface area contributed by atoms with Crippen molar-refractivity contribution in [2.45, 2.75) is 32.3 Å². The molecule has 1 amide bonds. The quantitative estimate of drug-likeness (QED) is 0.601. The average molecular weight is 182 g/mol.